The van der Waals surface area contributed by atoms with Crippen molar-refractivity contribution < 1.29 is 9.53 Å². The summed E-state index contributed by atoms with van der Waals surface area (Å²) < 4.78 is 4.54. The Morgan fingerprint density at radius 2 is 1.94 bits per heavy atom. The zero-order valence-corrected chi connectivity index (χ0v) is 10.8. The van der Waals surface area contributed by atoms with Crippen molar-refractivity contribution in [2.24, 2.45) is 5.41 Å². The van der Waals surface area contributed by atoms with Gasteiger partial charge in [0.15, 0.2) is 0 Å². The van der Waals surface area contributed by atoms with Crippen molar-refractivity contribution in [1.29, 1.82) is 0 Å². The number of hydrogen-bond donors (Lipinski definition) is 2. The second-order valence-electron chi connectivity index (χ2n) is 5.11. The van der Waals surface area contributed by atoms with E-state index in [4.69, 9.17) is 0 Å². The number of anilines is 2. The Morgan fingerprint density at radius 1 is 1.29 bits per heavy atom. The lowest BCUT2D eigenvalue weighted by Crippen LogP contribution is -2.19. The van der Waals surface area contributed by atoms with Crippen molar-refractivity contribution in [2.75, 3.05) is 24.3 Å². The van der Waals surface area contributed by atoms with E-state index in [1.54, 1.807) is 0 Å². The Hall–Kier alpha value is -1.71. The van der Waals surface area contributed by atoms with E-state index in [1.807, 2.05) is 24.3 Å². The van der Waals surface area contributed by atoms with E-state index < -0.39 is 6.09 Å². The highest BCUT2D eigenvalue weighted by Crippen LogP contribution is 2.18. The van der Waals surface area contributed by atoms with Crippen LogP contribution in [0, 0.1) is 5.41 Å². The molecule has 4 heteroatoms. The van der Waals surface area contributed by atoms with Crippen LogP contribution >= 0.6 is 0 Å². The Balaban J connectivity index is 2.63. The molecular formula is C13H20N2O2. The van der Waals surface area contributed by atoms with Crippen LogP contribution in [0.4, 0.5) is 16.2 Å². The monoisotopic (exact) mass is 236 g/mol. The van der Waals surface area contributed by atoms with Gasteiger partial charge in [0.25, 0.3) is 0 Å². The molecule has 0 radical (unpaired) electrons. The number of rotatable bonds is 3. The fourth-order valence-corrected chi connectivity index (χ4v) is 1.24. The molecule has 0 fully saturated rings. The van der Waals surface area contributed by atoms with Gasteiger partial charge in [-0.05, 0) is 23.6 Å². The topological polar surface area (TPSA) is 50.4 Å². The number of methoxy groups -OCH3 is 1. The summed E-state index contributed by atoms with van der Waals surface area (Å²) in [5.41, 5.74) is 1.91. The summed E-state index contributed by atoms with van der Waals surface area (Å²) >= 11 is 0. The zero-order valence-electron chi connectivity index (χ0n) is 10.8. The summed E-state index contributed by atoms with van der Waals surface area (Å²) in [6, 6.07) is 7.55. The van der Waals surface area contributed by atoms with Crippen LogP contribution in [0.25, 0.3) is 0 Å². The van der Waals surface area contributed by atoms with Crippen molar-refractivity contribution in [3.63, 3.8) is 0 Å². The van der Waals surface area contributed by atoms with E-state index in [9.17, 15) is 4.79 Å². The lowest BCUT2D eigenvalue weighted by Gasteiger charge is -2.19. The Bertz CT molecular complexity index is 383. The molecule has 0 saturated carbocycles. The van der Waals surface area contributed by atoms with Gasteiger partial charge in [0.2, 0.25) is 0 Å². The molecule has 2 N–H and O–H groups in total. The van der Waals surface area contributed by atoms with Crippen LogP contribution in [0.1, 0.15) is 20.8 Å². The largest absolute Gasteiger partial charge is 0.453 e. The summed E-state index contributed by atoms with van der Waals surface area (Å²) in [5.74, 6) is 0. The molecule has 0 heterocycles. The highest BCUT2D eigenvalue weighted by atomic mass is 16.5. The van der Waals surface area contributed by atoms with Crippen LogP contribution < -0.4 is 10.6 Å². The highest BCUT2D eigenvalue weighted by Gasteiger charge is 2.09. The maximum Gasteiger partial charge on any atom is 0.411 e. The number of ether oxygens (including phenoxy) is 1. The first-order valence-corrected chi connectivity index (χ1v) is 5.59. The normalized spacial score (nSPS) is 10.8. The average Bonchev–Trinajstić information content (AvgIpc) is 2.26. The van der Waals surface area contributed by atoms with E-state index >= 15 is 0 Å². The predicted octanol–water partition coefficient (Wildman–Crippen LogP) is 3.32. The smallest absolute Gasteiger partial charge is 0.411 e. The number of carbonyl (C=O) groups is 1. The molecular weight excluding hydrogens is 216 g/mol. The maximum absolute atomic E-state index is 11.1. The van der Waals surface area contributed by atoms with Crippen LogP contribution in [0.15, 0.2) is 24.3 Å². The lowest BCUT2D eigenvalue weighted by molar-refractivity contribution is 0.187. The number of benzene rings is 1. The van der Waals surface area contributed by atoms with Gasteiger partial charge in [-0.25, -0.2) is 4.79 Å². The van der Waals surface area contributed by atoms with Gasteiger partial charge < -0.3 is 10.1 Å². The first kappa shape index (κ1) is 13.4. The van der Waals surface area contributed by atoms with Gasteiger partial charge in [0.1, 0.15) is 0 Å². The molecule has 0 atom stereocenters. The van der Waals surface area contributed by atoms with E-state index in [-0.39, 0.29) is 5.41 Å². The maximum atomic E-state index is 11.1. The van der Waals surface area contributed by atoms with Crippen LogP contribution in [0.2, 0.25) is 0 Å². The van der Waals surface area contributed by atoms with Crippen LogP contribution in [0.3, 0.4) is 0 Å². The summed E-state index contributed by atoms with van der Waals surface area (Å²) in [7, 11) is 1.34. The minimum Gasteiger partial charge on any atom is -0.453 e. The average molecular weight is 236 g/mol. The minimum atomic E-state index is -0.460. The third-order valence-corrected chi connectivity index (χ3v) is 2.12. The Kier molecular flexibility index (Phi) is 4.37. The molecule has 0 aliphatic rings. The lowest BCUT2D eigenvalue weighted by atomic mass is 9.97. The first-order valence-electron chi connectivity index (χ1n) is 5.59. The van der Waals surface area contributed by atoms with Gasteiger partial charge in [0.05, 0.1) is 7.11 Å². The second kappa shape index (κ2) is 5.57. The van der Waals surface area contributed by atoms with E-state index in [1.165, 1.54) is 7.11 Å². The quantitative estimate of drug-likeness (QED) is 0.846. The van der Waals surface area contributed by atoms with Crippen molar-refractivity contribution >= 4 is 17.5 Å². The SMILES string of the molecule is COC(=O)Nc1cccc(NCC(C)(C)C)c1. The number of nitrogens with one attached hydrogen (secondary N) is 2. The summed E-state index contributed by atoms with van der Waals surface area (Å²) in [6.07, 6.45) is -0.460. The number of amides is 1. The number of carbonyl (C=O) groups excluding carboxylic acids is 1. The fourth-order valence-electron chi connectivity index (χ4n) is 1.24. The van der Waals surface area contributed by atoms with Crippen LogP contribution in [-0.2, 0) is 4.74 Å². The molecule has 0 saturated heterocycles. The summed E-state index contributed by atoms with van der Waals surface area (Å²) in [5, 5.41) is 5.95. The first-order chi connectivity index (χ1) is 7.90. The van der Waals surface area contributed by atoms with Crippen molar-refractivity contribution in [2.45, 2.75) is 20.8 Å². The molecule has 0 unspecified atom stereocenters. The van der Waals surface area contributed by atoms with Crippen molar-refractivity contribution in [3.05, 3.63) is 24.3 Å². The molecule has 1 aromatic rings. The molecule has 17 heavy (non-hydrogen) atoms. The fraction of sp³-hybridized carbons (Fsp3) is 0.462. The predicted molar refractivity (Wildman–Crippen MR) is 70.4 cm³/mol. The van der Waals surface area contributed by atoms with Gasteiger partial charge in [0, 0.05) is 17.9 Å². The van der Waals surface area contributed by atoms with Gasteiger partial charge >= 0.3 is 6.09 Å². The molecule has 0 aliphatic heterocycles. The van der Waals surface area contributed by atoms with Gasteiger partial charge in [-0.2, -0.15) is 0 Å². The Labute approximate surface area is 102 Å². The van der Waals surface area contributed by atoms with E-state index in [0.29, 0.717) is 0 Å². The highest BCUT2D eigenvalue weighted by molar-refractivity contribution is 5.85. The van der Waals surface area contributed by atoms with E-state index in [0.717, 1.165) is 17.9 Å². The molecule has 1 aromatic carbocycles. The molecule has 1 amide bonds. The summed E-state index contributed by atoms with van der Waals surface area (Å²) in [6.45, 7) is 7.36. The third-order valence-electron chi connectivity index (χ3n) is 2.12. The molecule has 4 nitrogen and oxygen atoms in total. The standard InChI is InChI=1S/C13H20N2O2/c1-13(2,3)9-14-10-6-5-7-11(8-10)15-12(16)17-4/h5-8,14H,9H2,1-4H3,(H,15,16). The molecule has 0 bridgehead atoms. The third kappa shape index (κ3) is 5.24. The van der Waals surface area contributed by atoms with Gasteiger partial charge in [-0.1, -0.05) is 26.8 Å². The molecule has 1 rings (SSSR count). The molecule has 0 aromatic heterocycles. The van der Waals surface area contributed by atoms with Gasteiger partial charge in [-0.15, -0.1) is 0 Å². The molecule has 94 valence electrons. The second-order valence-corrected chi connectivity index (χ2v) is 5.11. The minimum absolute atomic E-state index is 0.214. The molecule has 0 spiro atoms. The Morgan fingerprint density at radius 3 is 2.53 bits per heavy atom. The van der Waals surface area contributed by atoms with Gasteiger partial charge in [-0.3, -0.25) is 5.32 Å². The van der Waals surface area contributed by atoms with Crippen molar-refractivity contribution in [1.82, 2.24) is 0 Å². The van der Waals surface area contributed by atoms with E-state index in [2.05, 4.69) is 36.1 Å². The molecule has 0 aliphatic carbocycles. The zero-order chi connectivity index (χ0) is 12.9. The van der Waals surface area contributed by atoms with Crippen LogP contribution in [0.5, 0.6) is 0 Å². The number of hydrogen-bond acceptors (Lipinski definition) is 3. The van der Waals surface area contributed by atoms with Crippen molar-refractivity contribution in [3.8, 4) is 0 Å². The summed E-state index contributed by atoms with van der Waals surface area (Å²) in [4.78, 5) is 11.1. The van der Waals surface area contributed by atoms with Crippen LogP contribution in [-0.4, -0.2) is 19.7 Å².